The maximum Gasteiger partial charge on any atom is 0.319 e. The molecule has 0 bridgehead atoms. The van der Waals surface area contributed by atoms with Crippen LogP contribution in [0.15, 0.2) is 42.5 Å². The van der Waals surface area contributed by atoms with Crippen molar-refractivity contribution in [2.75, 3.05) is 11.9 Å². The molecular weight excluding hydrogens is 357 g/mol. The molecule has 2 aromatic rings. The van der Waals surface area contributed by atoms with E-state index in [0.29, 0.717) is 29.4 Å². The molecule has 0 unspecified atom stereocenters. The van der Waals surface area contributed by atoms with Crippen molar-refractivity contribution in [3.05, 3.63) is 64.4 Å². The second kappa shape index (κ2) is 9.20. The number of hydrogen-bond acceptors (Lipinski definition) is 2. The molecule has 0 atom stereocenters. The van der Waals surface area contributed by atoms with Gasteiger partial charge < -0.3 is 15.5 Å². The van der Waals surface area contributed by atoms with Crippen LogP contribution in [0.2, 0.25) is 5.02 Å². The minimum Gasteiger partial charge on any atom is -0.339 e. The Morgan fingerprint density at radius 2 is 1.85 bits per heavy atom. The van der Waals surface area contributed by atoms with E-state index >= 15 is 0 Å². The monoisotopic (exact) mass is 377 g/mol. The Kier molecular flexibility index (Phi) is 6.97. The second-order valence-corrected chi connectivity index (χ2v) is 6.21. The number of nitrogens with zero attached hydrogens (tertiary/aromatic N) is 1. The molecule has 5 nitrogen and oxygen atoms in total. The molecular formula is C19H21ClFN3O2. The normalized spacial score (nSPS) is 10.3. The molecule has 0 fully saturated rings. The quantitative estimate of drug-likeness (QED) is 0.793. The highest BCUT2D eigenvalue weighted by molar-refractivity contribution is 6.30. The number of benzene rings is 2. The zero-order chi connectivity index (χ0) is 19.1. The number of rotatable bonds is 6. The Hall–Kier alpha value is -2.60. The van der Waals surface area contributed by atoms with Gasteiger partial charge in [0.15, 0.2) is 0 Å². The molecule has 0 aliphatic heterocycles. The highest BCUT2D eigenvalue weighted by atomic mass is 35.5. The first kappa shape index (κ1) is 19.7. The van der Waals surface area contributed by atoms with Crippen LogP contribution in [-0.4, -0.2) is 23.4 Å². The van der Waals surface area contributed by atoms with Crippen LogP contribution in [-0.2, 0) is 17.9 Å². The first-order chi connectivity index (χ1) is 12.4. The lowest BCUT2D eigenvalue weighted by atomic mass is 10.1. The zero-order valence-corrected chi connectivity index (χ0v) is 15.4. The van der Waals surface area contributed by atoms with E-state index in [1.165, 1.54) is 17.9 Å². The van der Waals surface area contributed by atoms with E-state index < -0.39 is 11.8 Å². The molecule has 26 heavy (non-hydrogen) atoms. The fraction of sp³-hybridized carbons (Fsp3) is 0.263. The predicted molar refractivity (Wildman–Crippen MR) is 100 cm³/mol. The summed E-state index contributed by atoms with van der Waals surface area (Å²) in [5.41, 5.74) is 1.63. The molecule has 7 heteroatoms. The lowest BCUT2D eigenvalue weighted by Crippen LogP contribution is -2.29. The summed E-state index contributed by atoms with van der Waals surface area (Å²) in [5, 5.41) is 5.90. The van der Waals surface area contributed by atoms with E-state index in [1.54, 1.807) is 24.3 Å². The lowest BCUT2D eigenvalue weighted by Gasteiger charge is -2.19. The van der Waals surface area contributed by atoms with Crippen LogP contribution in [0.5, 0.6) is 0 Å². The minimum atomic E-state index is -0.472. The van der Waals surface area contributed by atoms with Gasteiger partial charge in [-0.2, -0.15) is 0 Å². The Bertz CT molecular complexity index is 781. The summed E-state index contributed by atoms with van der Waals surface area (Å²) in [6.45, 7) is 4.30. The lowest BCUT2D eigenvalue weighted by molar-refractivity contribution is -0.129. The summed E-state index contributed by atoms with van der Waals surface area (Å²) in [6, 6.07) is 11.1. The molecule has 2 rings (SSSR count). The van der Waals surface area contributed by atoms with Gasteiger partial charge in [0.2, 0.25) is 5.91 Å². The largest absolute Gasteiger partial charge is 0.339 e. The average molecular weight is 378 g/mol. The Balaban J connectivity index is 1.92. The number of amides is 3. The van der Waals surface area contributed by atoms with E-state index in [0.717, 1.165) is 5.56 Å². The van der Waals surface area contributed by atoms with Gasteiger partial charge in [0.1, 0.15) is 5.82 Å². The van der Waals surface area contributed by atoms with Gasteiger partial charge in [-0.25, -0.2) is 9.18 Å². The molecule has 0 aliphatic rings. The molecule has 0 saturated heterocycles. The number of carbonyl (C=O) groups is 2. The molecule has 0 aliphatic carbocycles. The molecule has 3 amide bonds. The van der Waals surface area contributed by atoms with Crippen LogP contribution in [0.1, 0.15) is 25.0 Å². The van der Waals surface area contributed by atoms with E-state index in [4.69, 9.17) is 11.6 Å². The number of hydrogen-bond donors (Lipinski definition) is 2. The van der Waals surface area contributed by atoms with Crippen molar-refractivity contribution in [2.24, 2.45) is 0 Å². The summed E-state index contributed by atoms with van der Waals surface area (Å²) < 4.78 is 14.2. The molecule has 0 radical (unpaired) electrons. The molecule has 2 aromatic carbocycles. The van der Waals surface area contributed by atoms with Crippen molar-refractivity contribution in [1.82, 2.24) is 10.2 Å². The highest BCUT2D eigenvalue weighted by Gasteiger charge is 2.11. The van der Waals surface area contributed by atoms with Gasteiger partial charge in [-0.05, 0) is 36.8 Å². The summed E-state index contributed by atoms with van der Waals surface area (Å²) >= 11 is 5.81. The van der Waals surface area contributed by atoms with Crippen molar-refractivity contribution < 1.29 is 14.0 Å². The van der Waals surface area contributed by atoms with Crippen LogP contribution in [0.3, 0.4) is 0 Å². The first-order valence-electron chi connectivity index (χ1n) is 8.22. The van der Waals surface area contributed by atoms with Gasteiger partial charge in [0, 0.05) is 42.8 Å². The Morgan fingerprint density at radius 1 is 1.15 bits per heavy atom. The van der Waals surface area contributed by atoms with Gasteiger partial charge in [-0.1, -0.05) is 29.8 Å². The second-order valence-electron chi connectivity index (χ2n) is 5.77. The fourth-order valence-corrected chi connectivity index (χ4v) is 2.49. The fourth-order valence-electron chi connectivity index (χ4n) is 2.36. The third-order valence-corrected chi connectivity index (χ3v) is 4.12. The Labute approximate surface area is 157 Å². The molecule has 2 N–H and O–H groups in total. The zero-order valence-electron chi connectivity index (χ0n) is 14.7. The van der Waals surface area contributed by atoms with E-state index in [1.807, 2.05) is 19.1 Å². The number of nitrogens with one attached hydrogen (secondary N) is 2. The van der Waals surface area contributed by atoms with Gasteiger partial charge in [0.25, 0.3) is 0 Å². The van der Waals surface area contributed by atoms with E-state index in [-0.39, 0.29) is 12.5 Å². The number of urea groups is 1. The van der Waals surface area contributed by atoms with Gasteiger partial charge >= 0.3 is 6.03 Å². The van der Waals surface area contributed by atoms with Crippen molar-refractivity contribution in [2.45, 2.75) is 26.9 Å². The third-order valence-electron chi connectivity index (χ3n) is 3.87. The summed E-state index contributed by atoms with van der Waals surface area (Å²) in [6.07, 6.45) is 0. The topological polar surface area (TPSA) is 61.4 Å². The van der Waals surface area contributed by atoms with E-state index in [9.17, 15) is 14.0 Å². The molecule has 0 spiro atoms. The number of halogens is 2. The number of carbonyl (C=O) groups excluding carboxylic acids is 2. The van der Waals surface area contributed by atoms with Crippen LogP contribution in [0, 0.1) is 5.82 Å². The molecule has 138 valence electrons. The highest BCUT2D eigenvalue weighted by Crippen LogP contribution is 2.16. The Morgan fingerprint density at radius 3 is 2.42 bits per heavy atom. The maximum atomic E-state index is 14.2. The van der Waals surface area contributed by atoms with Crippen molar-refractivity contribution in [1.29, 1.82) is 0 Å². The van der Waals surface area contributed by atoms with Gasteiger partial charge in [-0.15, -0.1) is 0 Å². The van der Waals surface area contributed by atoms with Crippen molar-refractivity contribution in [3.63, 3.8) is 0 Å². The maximum absolute atomic E-state index is 14.2. The molecule has 0 saturated carbocycles. The predicted octanol–water partition coefficient (Wildman–Crippen LogP) is 4.17. The van der Waals surface area contributed by atoms with E-state index in [2.05, 4.69) is 10.6 Å². The van der Waals surface area contributed by atoms with Crippen LogP contribution in [0.4, 0.5) is 14.9 Å². The third kappa shape index (κ3) is 5.74. The summed E-state index contributed by atoms with van der Waals surface area (Å²) in [7, 11) is 0. The smallest absolute Gasteiger partial charge is 0.319 e. The van der Waals surface area contributed by atoms with Crippen molar-refractivity contribution >= 4 is 29.2 Å². The number of anilines is 1. The molecule has 0 heterocycles. The molecule has 0 aromatic heterocycles. The first-order valence-corrected chi connectivity index (χ1v) is 8.60. The average Bonchev–Trinajstić information content (AvgIpc) is 2.60. The van der Waals surface area contributed by atoms with Crippen LogP contribution < -0.4 is 10.6 Å². The van der Waals surface area contributed by atoms with Crippen LogP contribution in [0.25, 0.3) is 0 Å². The summed E-state index contributed by atoms with van der Waals surface area (Å²) in [5.74, 6) is -0.587. The van der Waals surface area contributed by atoms with Gasteiger partial charge in [-0.3, -0.25) is 4.79 Å². The van der Waals surface area contributed by atoms with Crippen LogP contribution >= 0.6 is 11.6 Å². The van der Waals surface area contributed by atoms with Gasteiger partial charge in [0.05, 0.1) is 0 Å². The van der Waals surface area contributed by atoms with Crippen molar-refractivity contribution in [3.8, 4) is 0 Å². The standard InChI is InChI=1S/C19H21ClFN3O2/c1-3-24(13(2)25)12-15-6-9-17(10-18(15)21)23-19(26)22-11-14-4-7-16(20)8-5-14/h4-10H,3,11-12H2,1-2H3,(H2,22,23,26). The summed E-state index contributed by atoms with van der Waals surface area (Å²) in [4.78, 5) is 24.9. The SMILES string of the molecule is CCN(Cc1ccc(NC(=O)NCc2ccc(Cl)cc2)cc1F)C(C)=O. The minimum absolute atomic E-state index is 0.115.